The molecule has 2 aromatic heterocycles. The van der Waals surface area contributed by atoms with Crippen molar-refractivity contribution in [2.24, 2.45) is 10.9 Å². The summed E-state index contributed by atoms with van der Waals surface area (Å²) in [5.74, 6) is 0.519. The van der Waals surface area contributed by atoms with E-state index in [1.165, 1.54) is 23.1 Å². The van der Waals surface area contributed by atoms with Gasteiger partial charge in [0, 0.05) is 18.0 Å². The van der Waals surface area contributed by atoms with Crippen LogP contribution in [0.25, 0.3) is 16.6 Å². The molecule has 2 atom stereocenters. The van der Waals surface area contributed by atoms with Crippen LogP contribution in [0.5, 0.6) is 0 Å². The molecule has 7 nitrogen and oxygen atoms in total. The number of halogens is 3. The number of hydrogen-bond donors (Lipinski definition) is 3. The van der Waals surface area contributed by atoms with E-state index >= 15 is 0 Å². The second-order valence-electron chi connectivity index (χ2n) is 9.09. The molecule has 0 radical (unpaired) electrons. The van der Waals surface area contributed by atoms with Crippen LogP contribution in [0.15, 0.2) is 11.1 Å². The third-order valence-corrected chi connectivity index (χ3v) is 8.01. The van der Waals surface area contributed by atoms with Gasteiger partial charge in [0.1, 0.15) is 23.5 Å². The number of aliphatic imine (C=N–C) groups is 1. The second-order valence-corrected chi connectivity index (χ2v) is 11.0. The number of alkyl halides is 3. The van der Waals surface area contributed by atoms with Gasteiger partial charge in [0.05, 0.1) is 22.0 Å². The molecule has 0 aliphatic carbocycles. The second kappa shape index (κ2) is 14.8. The van der Waals surface area contributed by atoms with Gasteiger partial charge < -0.3 is 15.7 Å². The molecule has 0 spiro atoms. The first-order valence-electron chi connectivity index (χ1n) is 12.8. The molecule has 0 saturated carbocycles. The van der Waals surface area contributed by atoms with E-state index in [0.29, 0.717) is 46.6 Å². The highest BCUT2D eigenvalue weighted by Gasteiger charge is 2.28. The summed E-state index contributed by atoms with van der Waals surface area (Å²) in [6, 6.07) is 0. The summed E-state index contributed by atoms with van der Waals surface area (Å²) in [6.45, 7) is 11.6. The zero-order chi connectivity index (χ0) is 28.5. The lowest BCUT2D eigenvalue weighted by molar-refractivity contribution is -0.115. The Labute approximate surface area is 231 Å². The maximum absolute atomic E-state index is 12.9. The van der Waals surface area contributed by atoms with E-state index in [9.17, 15) is 18.3 Å². The highest BCUT2D eigenvalue weighted by molar-refractivity contribution is 8.13. The molecule has 2 unspecified atom stereocenters. The maximum Gasteiger partial charge on any atom is 0.405 e. The van der Waals surface area contributed by atoms with E-state index in [1.807, 2.05) is 39.2 Å². The zero-order valence-corrected chi connectivity index (χ0v) is 24.7. The van der Waals surface area contributed by atoms with Crippen LogP contribution in [-0.2, 0) is 0 Å². The van der Waals surface area contributed by atoms with Gasteiger partial charge in [0.25, 0.3) is 0 Å². The molecule has 0 aliphatic rings. The number of aliphatic hydroxyl groups is 1. The Morgan fingerprint density at radius 3 is 2.45 bits per heavy atom. The molecular formula is C26H39F3N6OS2. The number of nitrogens with zero attached hydrogens (tertiary/aromatic N) is 4. The Bertz CT molecular complexity index is 1100. The Hall–Kier alpha value is -2.18. The number of rotatable bonds is 13. The molecule has 0 aliphatic heterocycles. The highest BCUT2D eigenvalue weighted by Crippen LogP contribution is 2.38. The fourth-order valence-electron chi connectivity index (χ4n) is 3.95. The summed E-state index contributed by atoms with van der Waals surface area (Å²) in [6.07, 6.45) is 2.07. The van der Waals surface area contributed by atoms with Gasteiger partial charge in [0.2, 0.25) is 5.95 Å². The maximum atomic E-state index is 12.9. The number of thiazole rings is 1. The Morgan fingerprint density at radius 2 is 1.89 bits per heavy atom. The number of nitrogens with one attached hydrogen (secondary N) is 2. The molecule has 2 heterocycles. The summed E-state index contributed by atoms with van der Waals surface area (Å²) in [4.78, 5) is 19.1. The van der Waals surface area contributed by atoms with Crippen molar-refractivity contribution < 1.29 is 18.3 Å². The molecule has 0 fully saturated rings. The highest BCUT2D eigenvalue weighted by atomic mass is 32.2. The predicted molar refractivity (Wildman–Crippen MR) is 156 cm³/mol. The standard InChI is InChI=1S/C26H39F3N6OS2/c1-8-11-18-21(15(4)5)38-23(34-18)19-16(6)33-25(32-14-26(27,28)29)35-22(19)31-13-12-17(9-2)20(36)24(37-7)30-10-3/h8,11,15,17,20,36H,9-10,12-14H2,1-7H3,(H2,31,32,33,35)/b11-8-,30-24?. The van der Waals surface area contributed by atoms with Crippen LogP contribution in [0.1, 0.15) is 69.6 Å². The van der Waals surface area contributed by atoms with Gasteiger partial charge in [0.15, 0.2) is 0 Å². The van der Waals surface area contributed by atoms with Crippen molar-refractivity contribution in [3.05, 3.63) is 22.3 Å². The van der Waals surface area contributed by atoms with Gasteiger partial charge in [-0.2, -0.15) is 18.2 Å². The van der Waals surface area contributed by atoms with E-state index in [4.69, 9.17) is 4.98 Å². The van der Waals surface area contributed by atoms with Crippen molar-refractivity contribution in [1.82, 2.24) is 15.0 Å². The molecule has 12 heteroatoms. The number of aryl methyl sites for hydroxylation is 1. The van der Waals surface area contributed by atoms with Gasteiger partial charge in [-0.05, 0) is 51.4 Å². The van der Waals surface area contributed by atoms with Crippen molar-refractivity contribution in [3.8, 4) is 10.6 Å². The average molecular weight is 573 g/mol. The summed E-state index contributed by atoms with van der Waals surface area (Å²) in [5.41, 5.74) is 2.05. The molecule has 38 heavy (non-hydrogen) atoms. The SMILES string of the molecule is C/C=C\c1nc(-c2c(C)nc(NCC(F)(F)F)nc2NCCC(CC)C(O)C(=NCC)SC)sc1C(C)C. The van der Waals surface area contributed by atoms with E-state index in [-0.39, 0.29) is 17.8 Å². The summed E-state index contributed by atoms with van der Waals surface area (Å²) < 4.78 is 38.6. The molecule has 0 bridgehead atoms. The van der Waals surface area contributed by atoms with Crippen LogP contribution >= 0.6 is 23.1 Å². The Kier molecular flexibility index (Phi) is 12.5. The quantitative estimate of drug-likeness (QED) is 0.176. The van der Waals surface area contributed by atoms with Crippen molar-refractivity contribution in [1.29, 1.82) is 0 Å². The van der Waals surface area contributed by atoms with Crippen LogP contribution in [0.4, 0.5) is 24.9 Å². The van der Waals surface area contributed by atoms with E-state index in [1.54, 1.807) is 6.92 Å². The molecule has 2 aromatic rings. The number of allylic oxidation sites excluding steroid dienone is 1. The van der Waals surface area contributed by atoms with Crippen LogP contribution in [-0.4, -0.2) is 63.3 Å². The van der Waals surface area contributed by atoms with Crippen molar-refractivity contribution in [3.63, 3.8) is 0 Å². The van der Waals surface area contributed by atoms with Gasteiger partial charge in [-0.15, -0.1) is 23.1 Å². The van der Waals surface area contributed by atoms with E-state index in [0.717, 1.165) is 17.0 Å². The van der Waals surface area contributed by atoms with Crippen molar-refractivity contribution >= 4 is 46.0 Å². The molecule has 0 aromatic carbocycles. The normalized spacial score (nSPS) is 14.4. The number of thioether (sulfide) groups is 1. The Morgan fingerprint density at radius 1 is 1.18 bits per heavy atom. The predicted octanol–water partition coefficient (Wildman–Crippen LogP) is 7.01. The average Bonchev–Trinajstić information content (AvgIpc) is 3.26. The van der Waals surface area contributed by atoms with Crippen LogP contribution in [0.3, 0.4) is 0 Å². The molecule has 3 N–H and O–H groups in total. The smallest absolute Gasteiger partial charge is 0.386 e. The first-order valence-corrected chi connectivity index (χ1v) is 14.8. The molecule has 2 rings (SSSR count). The van der Waals surface area contributed by atoms with Crippen LogP contribution < -0.4 is 10.6 Å². The van der Waals surface area contributed by atoms with Gasteiger partial charge in [-0.3, -0.25) is 4.99 Å². The zero-order valence-electron chi connectivity index (χ0n) is 23.1. The molecule has 212 valence electrons. The number of aromatic nitrogens is 3. The Balaban J connectivity index is 2.43. The van der Waals surface area contributed by atoms with Gasteiger partial charge >= 0.3 is 6.18 Å². The molecule has 0 amide bonds. The van der Waals surface area contributed by atoms with Gasteiger partial charge in [-0.25, -0.2) is 9.97 Å². The first kappa shape index (κ1) is 32.0. The summed E-state index contributed by atoms with van der Waals surface area (Å²) >= 11 is 2.98. The monoisotopic (exact) mass is 572 g/mol. The third-order valence-electron chi connectivity index (χ3n) is 5.84. The minimum Gasteiger partial charge on any atom is -0.386 e. The number of anilines is 2. The lowest BCUT2D eigenvalue weighted by atomic mass is 9.96. The van der Waals surface area contributed by atoms with Gasteiger partial charge in [-0.1, -0.05) is 33.3 Å². The fourth-order valence-corrected chi connectivity index (χ4v) is 5.80. The summed E-state index contributed by atoms with van der Waals surface area (Å²) in [5, 5.41) is 17.9. The minimum absolute atomic E-state index is 0.0387. The third kappa shape index (κ3) is 8.94. The first-order chi connectivity index (χ1) is 17.9. The van der Waals surface area contributed by atoms with Crippen molar-refractivity contribution in [2.75, 3.05) is 36.5 Å². The van der Waals surface area contributed by atoms with Crippen molar-refractivity contribution in [2.45, 2.75) is 72.6 Å². The van der Waals surface area contributed by atoms with E-state index in [2.05, 4.69) is 39.4 Å². The molecular weight excluding hydrogens is 533 g/mol. The lowest BCUT2D eigenvalue weighted by Crippen LogP contribution is -2.29. The fraction of sp³-hybridized carbons (Fsp3) is 0.615. The largest absolute Gasteiger partial charge is 0.405 e. The van der Waals surface area contributed by atoms with Crippen LogP contribution in [0, 0.1) is 12.8 Å². The van der Waals surface area contributed by atoms with E-state index < -0.39 is 18.8 Å². The minimum atomic E-state index is -4.40. The summed E-state index contributed by atoms with van der Waals surface area (Å²) in [7, 11) is 0. The topological polar surface area (TPSA) is 95.3 Å². The molecule has 0 saturated heterocycles. The number of aliphatic hydroxyl groups excluding tert-OH is 1. The number of hydrogen-bond acceptors (Lipinski definition) is 9. The lowest BCUT2D eigenvalue weighted by Gasteiger charge is -2.23. The van der Waals surface area contributed by atoms with Crippen LogP contribution in [0.2, 0.25) is 0 Å².